The lowest BCUT2D eigenvalue weighted by molar-refractivity contribution is 0.386. The lowest BCUT2D eigenvalue weighted by Gasteiger charge is -2.02. The molecule has 0 aromatic carbocycles. The minimum absolute atomic E-state index is 0.542. The smallest absolute Gasteiger partial charge is 0.321 e. The summed E-state index contributed by atoms with van der Waals surface area (Å²) < 4.78 is 8.36. The molecule has 0 atom stereocenters. The first kappa shape index (κ1) is 10.8. The second-order valence-corrected chi connectivity index (χ2v) is 5.29. The zero-order valence-electron chi connectivity index (χ0n) is 4.54. The van der Waals surface area contributed by atoms with E-state index in [2.05, 4.69) is 0 Å². The summed E-state index contributed by atoms with van der Waals surface area (Å²) in [6.07, 6.45) is 0.804. The highest BCUT2D eigenvalue weighted by Gasteiger charge is 2.17. The van der Waals surface area contributed by atoms with Gasteiger partial charge in [0.05, 0.1) is 0 Å². The van der Waals surface area contributed by atoms with Gasteiger partial charge in [-0.2, -0.15) is 0 Å². The van der Waals surface area contributed by atoms with Gasteiger partial charge in [0.1, 0.15) is 0 Å². The van der Waals surface area contributed by atoms with Crippen molar-refractivity contribution < 1.29 is 14.4 Å². The summed E-state index contributed by atoms with van der Waals surface area (Å²) in [7, 11) is -4.20. The van der Waals surface area contributed by atoms with Crippen molar-refractivity contribution in [2.24, 2.45) is 0 Å². The number of hydrogen-bond donors (Lipinski definition) is 2. The van der Waals surface area contributed by atoms with Crippen molar-refractivity contribution in [3.8, 4) is 0 Å². The van der Waals surface area contributed by atoms with Crippen LogP contribution in [0.3, 0.4) is 0 Å². The Morgan fingerprint density at radius 3 is 1.80 bits per heavy atom. The fourth-order valence-corrected chi connectivity index (χ4v) is 1.05. The van der Waals surface area contributed by atoms with Crippen LogP contribution in [0.2, 0.25) is 0 Å². The summed E-state index contributed by atoms with van der Waals surface area (Å²) in [4.78, 5) is 16.5. The van der Waals surface area contributed by atoms with Gasteiger partial charge >= 0.3 is 7.60 Å². The molecule has 0 saturated carbocycles. The van der Waals surface area contributed by atoms with Crippen LogP contribution in [0.4, 0.5) is 0 Å². The molecule has 0 radical (unpaired) electrons. The molecule has 0 aromatic rings. The summed E-state index contributed by atoms with van der Waals surface area (Å²) in [6.45, 7) is 0. The van der Waals surface area contributed by atoms with Gasteiger partial charge in [0, 0.05) is 5.82 Å². The maximum absolute atomic E-state index is 10.1. The Bertz CT molecular complexity index is 178. The lowest BCUT2D eigenvalue weighted by Crippen LogP contribution is -1.93. The molecule has 0 unspecified atom stereocenters. The minimum Gasteiger partial charge on any atom is -0.321 e. The molecule has 2 N–H and O–H groups in total. The quantitative estimate of drug-likeness (QED) is 0.530. The zero-order chi connectivity index (χ0) is 8.41. The topological polar surface area (TPSA) is 57.5 Å². The maximum atomic E-state index is 10.1. The Kier molecular flexibility index (Phi) is 3.70. The number of alkyl halides is 3. The van der Waals surface area contributed by atoms with E-state index in [1.807, 2.05) is 0 Å². The largest absolute Gasteiger partial charge is 0.348 e. The van der Waals surface area contributed by atoms with Gasteiger partial charge in [-0.15, -0.1) is 0 Å². The Morgan fingerprint density at radius 2 is 1.70 bits per heavy atom. The van der Waals surface area contributed by atoms with Gasteiger partial charge in [0.2, 0.25) is 3.79 Å². The van der Waals surface area contributed by atoms with Gasteiger partial charge in [0.15, 0.2) is 0 Å². The van der Waals surface area contributed by atoms with Crippen LogP contribution in [-0.2, 0) is 4.57 Å². The highest BCUT2D eigenvalue weighted by Crippen LogP contribution is 2.39. The summed E-state index contributed by atoms with van der Waals surface area (Å²) in [5, 5.41) is 0. The number of hydrogen-bond acceptors (Lipinski definition) is 1. The van der Waals surface area contributed by atoms with Crippen LogP contribution in [0.25, 0.3) is 0 Å². The fraction of sp³-hybridized carbons (Fsp3) is 0.333. The van der Waals surface area contributed by atoms with Gasteiger partial charge in [-0.25, -0.2) is 0 Å². The Hall–Kier alpha value is 0.760. The fourth-order valence-electron chi connectivity index (χ4n) is 0.182. The lowest BCUT2D eigenvalue weighted by atomic mass is 10.7. The monoisotopic (exact) mass is 224 g/mol. The van der Waals surface area contributed by atoms with Gasteiger partial charge in [0.25, 0.3) is 0 Å². The summed E-state index contributed by atoms with van der Waals surface area (Å²) >= 11 is 15.4. The van der Waals surface area contributed by atoms with Crippen LogP contribution in [0.5, 0.6) is 0 Å². The molecule has 0 saturated heterocycles. The van der Waals surface area contributed by atoms with Crippen LogP contribution in [-0.4, -0.2) is 13.6 Å². The first-order valence-corrected chi connectivity index (χ1v) is 4.85. The average molecular weight is 225 g/mol. The maximum Gasteiger partial charge on any atom is 0.348 e. The van der Waals surface area contributed by atoms with E-state index in [4.69, 9.17) is 44.6 Å². The van der Waals surface area contributed by atoms with Crippen LogP contribution in [0.1, 0.15) is 0 Å². The molecular weight excluding hydrogens is 221 g/mol. The zero-order valence-corrected chi connectivity index (χ0v) is 7.70. The van der Waals surface area contributed by atoms with Crippen LogP contribution in [0, 0.1) is 0 Å². The molecule has 60 valence electrons. The SMILES string of the molecule is O=P(O)(O)C=CC(Cl)(Cl)Cl. The second kappa shape index (κ2) is 3.44. The standard InChI is InChI=1S/C3H4Cl3O3P/c4-3(5,6)1-2-10(7,8)9/h1-2H,(H2,7,8,9). The Morgan fingerprint density at radius 1 is 1.30 bits per heavy atom. The van der Waals surface area contributed by atoms with E-state index >= 15 is 0 Å². The van der Waals surface area contributed by atoms with E-state index in [0.717, 1.165) is 6.08 Å². The second-order valence-electron chi connectivity index (χ2n) is 1.45. The molecule has 0 aromatic heterocycles. The Balaban J connectivity index is 4.16. The van der Waals surface area contributed by atoms with Crippen molar-refractivity contribution in [3.63, 3.8) is 0 Å². The molecule has 0 bridgehead atoms. The minimum atomic E-state index is -4.20. The molecule has 0 aliphatic heterocycles. The molecular formula is C3H4Cl3O3P. The molecule has 0 fully saturated rings. The van der Waals surface area contributed by atoms with E-state index in [1.165, 1.54) is 0 Å². The van der Waals surface area contributed by atoms with Crippen molar-refractivity contribution in [2.75, 3.05) is 0 Å². The van der Waals surface area contributed by atoms with Gasteiger partial charge in [-0.1, -0.05) is 34.8 Å². The number of halogens is 3. The predicted molar refractivity (Wildman–Crippen MR) is 41.5 cm³/mol. The summed E-state index contributed by atoms with van der Waals surface area (Å²) in [5.74, 6) is 0.542. The van der Waals surface area contributed by atoms with Gasteiger partial charge in [-0.3, -0.25) is 4.57 Å². The predicted octanol–water partition coefficient (Wildman–Crippen LogP) is 2.05. The molecule has 10 heavy (non-hydrogen) atoms. The molecule has 0 spiro atoms. The van der Waals surface area contributed by atoms with Gasteiger partial charge in [-0.05, 0) is 6.08 Å². The number of rotatable bonds is 1. The van der Waals surface area contributed by atoms with E-state index in [1.54, 1.807) is 0 Å². The van der Waals surface area contributed by atoms with Crippen molar-refractivity contribution in [1.29, 1.82) is 0 Å². The molecule has 0 rings (SSSR count). The molecule has 0 aliphatic carbocycles. The van der Waals surface area contributed by atoms with Crippen molar-refractivity contribution >= 4 is 42.4 Å². The summed E-state index contributed by atoms with van der Waals surface area (Å²) in [6, 6.07) is 0. The highest BCUT2D eigenvalue weighted by atomic mass is 35.6. The average Bonchev–Trinajstić information content (AvgIpc) is 1.57. The molecule has 0 amide bonds. The number of allylic oxidation sites excluding steroid dienone is 1. The van der Waals surface area contributed by atoms with Gasteiger partial charge < -0.3 is 9.79 Å². The normalized spacial score (nSPS) is 14.5. The van der Waals surface area contributed by atoms with Crippen molar-refractivity contribution in [1.82, 2.24) is 0 Å². The highest BCUT2D eigenvalue weighted by molar-refractivity contribution is 7.55. The van der Waals surface area contributed by atoms with Crippen LogP contribution < -0.4 is 0 Å². The first-order chi connectivity index (χ1) is 4.21. The third-order valence-corrected chi connectivity index (χ3v) is 1.37. The first-order valence-electron chi connectivity index (χ1n) is 2.03. The summed E-state index contributed by atoms with van der Waals surface area (Å²) in [5.41, 5.74) is 0. The van der Waals surface area contributed by atoms with Crippen molar-refractivity contribution in [2.45, 2.75) is 3.79 Å². The molecule has 0 heterocycles. The van der Waals surface area contributed by atoms with E-state index < -0.39 is 11.4 Å². The molecule has 7 heteroatoms. The third-order valence-electron chi connectivity index (χ3n) is 0.458. The van der Waals surface area contributed by atoms with Crippen LogP contribution in [0.15, 0.2) is 11.9 Å². The van der Waals surface area contributed by atoms with E-state index in [0.29, 0.717) is 5.82 Å². The Labute approximate surface area is 72.7 Å². The van der Waals surface area contributed by atoms with Crippen molar-refractivity contribution in [3.05, 3.63) is 11.9 Å². The molecule has 3 nitrogen and oxygen atoms in total. The van der Waals surface area contributed by atoms with E-state index in [9.17, 15) is 4.57 Å². The van der Waals surface area contributed by atoms with E-state index in [-0.39, 0.29) is 0 Å². The third kappa shape index (κ3) is 8.76. The van der Waals surface area contributed by atoms with Crippen LogP contribution >= 0.6 is 42.4 Å². The molecule has 0 aliphatic rings.